The van der Waals surface area contributed by atoms with E-state index in [0.717, 1.165) is 14.9 Å². The second kappa shape index (κ2) is 10.6. The van der Waals surface area contributed by atoms with Crippen molar-refractivity contribution >= 4 is 51.5 Å². The molecule has 4 amide bonds. The number of ether oxygens (including phenoxy) is 2. The number of hydrogen-bond acceptors (Lipinski definition) is 6. The van der Waals surface area contributed by atoms with Crippen LogP contribution in [-0.4, -0.2) is 30.4 Å². The molecule has 0 atom stereocenters. The van der Waals surface area contributed by atoms with Gasteiger partial charge in [-0.3, -0.25) is 14.9 Å². The van der Waals surface area contributed by atoms with Gasteiger partial charge in [-0.05, 0) is 74.0 Å². The molecule has 1 fully saturated rings. The van der Waals surface area contributed by atoms with Crippen molar-refractivity contribution in [3.63, 3.8) is 0 Å². The first-order valence-corrected chi connectivity index (χ1v) is 11.8. The molecule has 0 aromatic heterocycles. The van der Waals surface area contributed by atoms with Gasteiger partial charge in [0.15, 0.2) is 11.5 Å². The molecule has 0 spiro atoms. The zero-order valence-electron chi connectivity index (χ0n) is 19.4. The van der Waals surface area contributed by atoms with Gasteiger partial charge in [0.25, 0.3) is 11.8 Å². The first kappa shape index (κ1) is 24.9. The number of esters is 1. The lowest BCUT2D eigenvalue weighted by Gasteiger charge is -2.26. The molecule has 1 N–H and O–H groups in total. The Bertz CT molecular complexity index is 1380. The van der Waals surface area contributed by atoms with Crippen molar-refractivity contribution in [2.75, 3.05) is 11.5 Å². The minimum absolute atomic E-state index is 0.183. The van der Waals surface area contributed by atoms with Crippen LogP contribution in [0.25, 0.3) is 6.08 Å². The number of carbonyl (C=O) groups is 4. The Kier molecular flexibility index (Phi) is 7.30. The van der Waals surface area contributed by atoms with Crippen LogP contribution in [-0.2, 0) is 9.59 Å². The van der Waals surface area contributed by atoms with Gasteiger partial charge >= 0.3 is 12.0 Å². The second-order valence-corrected chi connectivity index (χ2v) is 8.74. The van der Waals surface area contributed by atoms with E-state index in [4.69, 9.17) is 9.47 Å². The normalized spacial score (nSPS) is 14.6. The number of urea groups is 1. The average molecular weight is 549 g/mol. The lowest BCUT2D eigenvalue weighted by atomic mass is 10.1. The molecule has 4 rings (SSSR count). The van der Waals surface area contributed by atoms with Crippen molar-refractivity contribution in [3.8, 4) is 11.5 Å². The minimum atomic E-state index is -0.823. The van der Waals surface area contributed by atoms with Crippen LogP contribution in [0.15, 0.2) is 76.8 Å². The molecule has 0 unspecified atom stereocenters. The minimum Gasteiger partial charge on any atom is -0.490 e. The van der Waals surface area contributed by atoms with Crippen LogP contribution in [0.1, 0.15) is 28.4 Å². The van der Waals surface area contributed by atoms with Gasteiger partial charge < -0.3 is 9.47 Å². The number of nitrogens with one attached hydrogen (secondary N) is 1. The van der Waals surface area contributed by atoms with Crippen molar-refractivity contribution in [1.82, 2.24) is 5.32 Å². The van der Waals surface area contributed by atoms with Crippen LogP contribution < -0.4 is 19.7 Å². The quantitative estimate of drug-likeness (QED) is 0.200. The summed E-state index contributed by atoms with van der Waals surface area (Å²) in [4.78, 5) is 51.5. The predicted molar refractivity (Wildman–Crippen MR) is 137 cm³/mol. The molecule has 1 aliphatic rings. The third kappa shape index (κ3) is 5.36. The summed E-state index contributed by atoms with van der Waals surface area (Å²) in [6, 6.07) is 17.3. The van der Waals surface area contributed by atoms with E-state index in [1.165, 1.54) is 12.1 Å². The Morgan fingerprint density at radius 3 is 2.33 bits per heavy atom. The standard InChI is InChI=1S/C27H21BrN2O6/c1-3-35-23-15-17(6-13-22(23)36-26(33)18-7-9-19(28)10-8-18)14-21-24(31)29-27(34)30(25(21)32)20-11-4-16(2)5-12-20/h4-15H,3H2,1-2H3,(H,29,31,34)/b21-14+. The van der Waals surface area contributed by atoms with E-state index >= 15 is 0 Å². The van der Waals surface area contributed by atoms with E-state index < -0.39 is 23.8 Å². The van der Waals surface area contributed by atoms with Crippen molar-refractivity contribution in [2.24, 2.45) is 0 Å². The second-order valence-electron chi connectivity index (χ2n) is 7.83. The number of rotatable bonds is 6. The Labute approximate surface area is 215 Å². The molecule has 0 bridgehead atoms. The maximum atomic E-state index is 13.1. The van der Waals surface area contributed by atoms with Gasteiger partial charge in [-0.15, -0.1) is 0 Å². The van der Waals surface area contributed by atoms with Gasteiger partial charge in [-0.1, -0.05) is 39.7 Å². The third-order valence-electron chi connectivity index (χ3n) is 5.26. The highest BCUT2D eigenvalue weighted by Gasteiger charge is 2.36. The summed E-state index contributed by atoms with van der Waals surface area (Å²) in [5.41, 5.74) is 1.87. The van der Waals surface area contributed by atoms with Crippen molar-refractivity contribution in [2.45, 2.75) is 13.8 Å². The molecule has 3 aromatic rings. The predicted octanol–water partition coefficient (Wildman–Crippen LogP) is 5.04. The molecule has 9 heteroatoms. The number of nitrogens with zero attached hydrogens (tertiary/aromatic N) is 1. The van der Waals surface area contributed by atoms with Gasteiger partial charge in [0.2, 0.25) is 0 Å². The monoisotopic (exact) mass is 548 g/mol. The summed E-state index contributed by atoms with van der Waals surface area (Å²) in [6.45, 7) is 3.94. The molecular formula is C27H21BrN2O6. The maximum absolute atomic E-state index is 13.1. The fourth-order valence-corrected chi connectivity index (χ4v) is 3.73. The molecule has 0 aliphatic carbocycles. The van der Waals surface area contributed by atoms with E-state index in [0.29, 0.717) is 16.8 Å². The van der Waals surface area contributed by atoms with E-state index in [-0.39, 0.29) is 23.7 Å². The zero-order valence-corrected chi connectivity index (χ0v) is 21.0. The lowest BCUT2D eigenvalue weighted by molar-refractivity contribution is -0.122. The van der Waals surface area contributed by atoms with Crippen LogP contribution in [0.3, 0.4) is 0 Å². The number of imide groups is 2. The first-order chi connectivity index (χ1) is 17.3. The number of anilines is 1. The number of aryl methyl sites for hydroxylation is 1. The Morgan fingerprint density at radius 1 is 0.972 bits per heavy atom. The molecule has 36 heavy (non-hydrogen) atoms. The van der Waals surface area contributed by atoms with Crippen molar-refractivity contribution in [1.29, 1.82) is 0 Å². The topological polar surface area (TPSA) is 102 Å². The van der Waals surface area contributed by atoms with Crippen molar-refractivity contribution < 1.29 is 28.7 Å². The van der Waals surface area contributed by atoms with Gasteiger partial charge in [-0.25, -0.2) is 14.5 Å². The molecule has 182 valence electrons. The number of halogens is 1. The molecule has 1 aliphatic heterocycles. The highest BCUT2D eigenvalue weighted by molar-refractivity contribution is 9.10. The molecule has 1 heterocycles. The molecule has 0 saturated carbocycles. The van der Waals surface area contributed by atoms with E-state index in [1.807, 2.05) is 6.92 Å². The Hall–Kier alpha value is -4.24. The first-order valence-electron chi connectivity index (χ1n) is 11.0. The smallest absolute Gasteiger partial charge is 0.343 e. The molecule has 0 radical (unpaired) electrons. The van der Waals surface area contributed by atoms with Crippen LogP contribution in [0.4, 0.5) is 10.5 Å². The van der Waals surface area contributed by atoms with Crippen LogP contribution in [0, 0.1) is 6.92 Å². The maximum Gasteiger partial charge on any atom is 0.343 e. The molecular weight excluding hydrogens is 528 g/mol. The summed E-state index contributed by atoms with van der Waals surface area (Å²) >= 11 is 3.32. The number of carbonyl (C=O) groups excluding carboxylic acids is 4. The average Bonchev–Trinajstić information content (AvgIpc) is 2.85. The number of benzene rings is 3. The van der Waals surface area contributed by atoms with Crippen LogP contribution >= 0.6 is 15.9 Å². The summed E-state index contributed by atoms with van der Waals surface area (Å²) < 4.78 is 12.0. The number of barbiturate groups is 1. The molecule has 3 aromatic carbocycles. The lowest BCUT2D eigenvalue weighted by Crippen LogP contribution is -2.54. The fraction of sp³-hybridized carbons (Fsp3) is 0.111. The highest BCUT2D eigenvalue weighted by atomic mass is 79.9. The van der Waals surface area contributed by atoms with Gasteiger partial charge in [0.1, 0.15) is 5.57 Å². The van der Waals surface area contributed by atoms with E-state index in [9.17, 15) is 19.2 Å². The summed E-state index contributed by atoms with van der Waals surface area (Å²) in [7, 11) is 0. The largest absolute Gasteiger partial charge is 0.490 e. The zero-order chi connectivity index (χ0) is 25.8. The summed E-state index contributed by atoms with van der Waals surface area (Å²) in [6.07, 6.45) is 1.36. The Morgan fingerprint density at radius 2 is 1.67 bits per heavy atom. The summed E-state index contributed by atoms with van der Waals surface area (Å²) in [5.74, 6) is -1.69. The summed E-state index contributed by atoms with van der Waals surface area (Å²) in [5, 5.41) is 2.20. The SMILES string of the molecule is CCOc1cc(/C=C2\C(=O)NC(=O)N(c3ccc(C)cc3)C2=O)ccc1OC(=O)c1ccc(Br)cc1. The van der Waals surface area contributed by atoms with Gasteiger partial charge in [0, 0.05) is 4.47 Å². The van der Waals surface area contributed by atoms with E-state index in [1.54, 1.807) is 67.6 Å². The number of hydrogen-bond donors (Lipinski definition) is 1. The van der Waals surface area contributed by atoms with Crippen molar-refractivity contribution in [3.05, 3.63) is 93.5 Å². The fourth-order valence-electron chi connectivity index (χ4n) is 3.46. The Balaban J connectivity index is 1.63. The third-order valence-corrected chi connectivity index (χ3v) is 5.78. The van der Waals surface area contributed by atoms with E-state index in [2.05, 4.69) is 21.2 Å². The number of amides is 4. The molecule has 1 saturated heterocycles. The van der Waals surface area contributed by atoms with Crippen LogP contribution in [0.5, 0.6) is 11.5 Å². The van der Waals surface area contributed by atoms with Gasteiger partial charge in [0.05, 0.1) is 17.9 Å². The van der Waals surface area contributed by atoms with Crippen LogP contribution in [0.2, 0.25) is 0 Å². The van der Waals surface area contributed by atoms with Gasteiger partial charge in [-0.2, -0.15) is 0 Å². The highest BCUT2D eigenvalue weighted by Crippen LogP contribution is 2.31. The molecule has 8 nitrogen and oxygen atoms in total.